The van der Waals surface area contributed by atoms with Gasteiger partial charge >= 0.3 is 0 Å². The van der Waals surface area contributed by atoms with Gasteiger partial charge in [-0.15, -0.1) is 0 Å². The number of hydrogen-bond acceptors (Lipinski definition) is 5. The molecule has 4 rings (SSSR count). The van der Waals surface area contributed by atoms with Gasteiger partial charge in [0.25, 0.3) is 5.91 Å². The number of rotatable bonds is 7. The molecule has 0 spiro atoms. The molecule has 2 aliphatic rings. The van der Waals surface area contributed by atoms with Crippen molar-refractivity contribution in [3.8, 4) is 17.2 Å². The number of fused-ring (bicyclic) bond motifs is 3. The molecule has 3 atom stereocenters. The molecule has 0 saturated carbocycles. The van der Waals surface area contributed by atoms with Crippen LogP contribution in [-0.2, 0) is 0 Å². The predicted molar refractivity (Wildman–Crippen MR) is 126 cm³/mol. The summed E-state index contributed by atoms with van der Waals surface area (Å²) in [6.45, 7) is 5.44. The van der Waals surface area contributed by atoms with Gasteiger partial charge in [0.2, 0.25) is 5.75 Å². The topological polar surface area (TPSA) is 60.0 Å². The van der Waals surface area contributed by atoms with Crippen LogP contribution in [-0.4, -0.2) is 45.2 Å². The van der Waals surface area contributed by atoms with Gasteiger partial charge in [-0.05, 0) is 67.6 Å². The Labute approximate surface area is 190 Å². The van der Waals surface area contributed by atoms with E-state index in [4.69, 9.17) is 14.2 Å². The number of anilines is 1. The molecule has 6 heteroatoms. The molecule has 0 fully saturated rings. The molecular formula is C26H32N2O4. The summed E-state index contributed by atoms with van der Waals surface area (Å²) < 4.78 is 16.7. The molecule has 1 heterocycles. The van der Waals surface area contributed by atoms with Crippen LogP contribution in [0.3, 0.4) is 0 Å². The Balaban J connectivity index is 1.73. The fourth-order valence-corrected chi connectivity index (χ4v) is 5.03. The van der Waals surface area contributed by atoms with E-state index in [0.717, 1.165) is 23.2 Å². The van der Waals surface area contributed by atoms with E-state index in [1.165, 1.54) is 5.56 Å². The first-order valence-electron chi connectivity index (χ1n) is 11.2. The Hall–Kier alpha value is -3.15. The van der Waals surface area contributed by atoms with E-state index in [9.17, 15) is 4.79 Å². The van der Waals surface area contributed by atoms with Crippen molar-refractivity contribution in [2.45, 2.75) is 32.2 Å². The molecule has 2 aromatic carbocycles. The van der Waals surface area contributed by atoms with Crippen LogP contribution in [0.15, 0.2) is 42.5 Å². The highest BCUT2D eigenvalue weighted by molar-refractivity contribution is 5.95. The molecule has 170 valence electrons. The Kier molecular flexibility index (Phi) is 6.31. The highest BCUT2D eigenvalue weighted by Gasteiger charge is 2.39. The van der Waals surface area contributed by atoms with Crippen LogP contribution >= 0.6 is 0 Å². The fraction of sp³-hybridized carbons (Fsp3) is 0.423. The summed E-state index contributed by atoms with van der Waals surface area (Å²) in [7, 11) is 4.89. The van der Waals surface area contributed by atoms with Gasteiger partial charge in [-0.2, -0.15) is 0 Å². The molecule has 1 aliphatic carbocycles. The van der Waals surface area contributed by atoms with Crippen LogP contribution in [0.5, 0.6) is 17.2 Å². The van der Waals surface area contributed by atoms with Gasteiger partial charge in [0.15, 0.2) is 11.5 Å². The lowest BCUT2D eigenvalue weighted by Gasteiger charge is -2.38. The molecule has 0 bridgehead atoms. The minimum Gasteiger partial charge on any atom is -0.493 e. The first-order chi connectivity index (χ1) is 15.6. The van der Waals surface area contributed by atoms with Gasteiger partial charge < -0.3 is 24.4 Å². The first-order valence-corrected chi connectivity index (χ1v) is 11.2. The maximum atomic E-state index is 12.9. The van der Waals surface area contributed by atoms with Crippen molar-refractivity contribution in [1.29, 1.82) is 0 Å². The van der Waals surface area contributed by atoms with E-state index in [0.29, 0.717) is 36.3 Å². The van der Waals surface area contributed by atoms with Gasteiger partial charge in [-0.1, -0.05) is 12.2 Å². The van der Waals surface area contributed by atoms with E-state index in [1.807, 2.05) is 43.0 Å². The molecule has 1 N–H and O–H groups in total. The lowest BCUT2D eigenvalue weighted by atomic mass is 9.76. The number of ether oxygens (including phenoxy) is 3. The third kappa shape index (κ3) is 3.68. The van der Waals surface area contributed by atoms with E-state index in [1.54, 1.807) is 21.3 Å². The van der Waals surface area contributed by atoms with Gasteiger partial charge in [-0.25, -0.2) is 0 Å². The molecule has 0 radical (unpaired) electrons. The molecule has 1 aliphatic heterocycles. The molecular weight excluding hydrogens is 404 g/mol. The van der Waals surface area contributed by atoms with Crippen LogP contribution in [0.25, 0.3) is 0 Å². The van der Waals surface area contributed by atoms with Crippen LogP contribution in [0, 0.1) is 5.92 Å². The molecule has 32 heavy (non-hydrogen) atoms. The molecule has 6 nitrogen and oxygen atoms in total. The van der Waals surface area contributed by atoms with Crippen molar-refractivity contribution < 1.29 is 19.0 Å². The third-order valence-corrected chi connectivity index (χ3v) is 6.71. The summed E-state index contributed by atoms with van der Waals surface area (Å²) in [6, 6.07) is 10.2. The standard InChI is InChI=1S/C26H32N2O4/c1-6-28(7-2)26(29)16-11-12-21-20(13-16)18-9-8-10-19(18)24(27-21)17-14-22(30-3)25(32-5)23(15-17)31-4/h8-9,11-15,18-19,24,27H,6-7,10H2,1-5H3. The quantitative estimate of drug-likeness (QED) is 0.618. The monoisotopic (exact) mass is 436 g/mol. The lowest BCUT2D eigenvalue weighted by molar-refractivity contribution is 0.0773. The van der Waals surface area contributed by atoms with Gasteiger partial charge in [0.05, 0.1) is 27.4 Å². The average molecular weight is 437 g/mol. The van der Waals surface area contributed by atoms with Gasteiger partial charge in [0, 0.05) is 30.3 Å². The number of nitrogens with one attached hydrogen (secondary N) is 1. The molecule has 3 unspecified atom stereocenters. The number of carbonyl (C=O) groups excluding carboxylic acids is 1. The summed E-state index contributed by atoms with van der Waals surface area (Å²) in [4.78, 5) is 14.8. The van der Waals surface area contributed by atoms with E-state index >= 15 is 0 Å². The van der Waals surface area contributed by atoms with Gasteiger partial charge in [-0.3, -0.25) is 4.79 Å². The summed E-state index contributed by atoms with van der Waals surface area (Å²) in [6.07, 6.45) is 5.49. The SMILES string of the molecule is CCN(CC)C(=O)c1ccc2c(c1)C1C=CCC1C(c1cc(OC)c(OC)c(OC)c1)N2. The zero-order chi connectivity index (χ0) is 22.8. The molecule has 0 aromatic heterocycles. The summed E-state index contributed by atoms with van der Waals surface area (Å²) in [5.41, 5.74) is 4.09. The normalized spacial score (nSPS) is 20.7. The van der Waals surface area contributed by atoms with Crippen LogP contribution in [0.1, 0.15) is 53.7 Å². The smallest absolute Gasteiger partial charge is 0.253 e. The number of hydrogen-bond donors (Lipinski definition) is 1. The number of amides is 1. The van der Waals surface area contributed by atoms with Crippen molar-refractivity contribution in [2.24, 2.45) is 5.92 Å². The first kappa shape index (κ1) is 22.1. The van der Waals surface area contributed by atoms with E-state index < -0.39 is 0 Å². The van der Waals surface area contributed by atoms with Crippen molar-refractivity contribution in [3.63, 3.8) is 0 Å². The summed E-state index contributed by atoms with van der Waals surface area (Å²) in [5.74, 6) is 2.57. The second kappa shape index (κ2) is 9.15. The Morgan fingerprint density at radius 2 is 1.72 bits per heavy atom. The van der Waals surface area contributed by atoms with Crippen LogP contribution in [0.4, 0.5) is 5.69 Å². The minimum atomic E-state index is 0.0838. The number of benzene rings is 2. The van der Waals surface area contributed by atoms with Crippen molar-refractivity contribution in [1.82, 2.24) is 4.90 Å². The predicted octanol–water partition coefficient (Wildman–Crippen LogP) is 5.02. The maximum absolute atomic E-state index is 12.9. The molecule has 2 aromatic rings. The van der Waals surface area contributed by atoms with Crippen molar-refractivity contribution in [2.75, 3.05) is 39.7 Å². The highest BCUT2D eigenvalue weighted by Crippen LogP contribution is 2.51. The van der Waals surface area contributed by atoms with E-state index in [2.05, 4.69) is 23.5 Å². The third-order valence-electron chi connectivity index (χ3n) is 6.71. The second-order valence-corrected chi connectivity index (χ2v) is 8.21. The number of methoxy groups -OCH3 is 3. The Morgan fingerprint density at radius 3 is 2.31 bits per heavy atom. The van der Waals surface area contributed by atoms with Crippen LogP contribution < -0.4 is 19.5 Å². The average Bonchev–Trinajstić information content (AvgIpc) is 3.33. The number of allylic oxidation sites excluding steroid dienone is 2. The Morgan fingerprint density at radius 1 is 1.03 bits per heavy atom. The molecule has 0 saturated heterocycles. The highest BCUT2D eigenvalue weighted by atomic mass is 16.5. The van der Waals surface area contributed by atoms with Crippen LogP contribution in [0.2, 0.25) is 0 Å². The summed E-state index contributed by atoms with van der Waals surface area (Å²) in [5, 5.41) is 3.73. The minimum absolute atomic E-state index is 0.0838. The largest absolute Gasteiger partial charge is 0.493 e. The zero-order valence-corrected chi connectivity index (χ0v) is 19.5. The summed E-state index contributed by atoms with van der Waals surface area (Å²) >= 11 is 0. The maximum Gasteiger partial charge on any atom is 0.253 e. The molecule has 1 amide bonds. The van der Waals surface area contributed by atoms with Gasteiger partial charge in [0.1, 0.15) is 0 Å². The zero-order valence-electron chi connectivity index (χ0n) is 19.5. The second-order valence-electron chi connectivity index (χ2n) is 8.21. The van der Waals surface area contributed by atoms with E-state index in [-0.39, 0.29) is 17.9 Å². The number of carbonyl (C=O) groups is 1. The lowest BCUT2D eigenvalue weighted by Crippen LogP contribution is -2.32. The fourth-order valence-electron chi connectivity index (χ4n) is 5.03. The number of nitrogens with zero attached hydrogens (tertiary/aromatic N) is 1. The van der Waals surface area contributed by atoms with Crippen molar-refractivity contribution >= 4 is 11.6 Å². The Bertz CT molecular complexity index is 1000. The van der Waals surface area contributed by atoms with Crippen molar-refractivity contribution in [3.05, 3.63) is 59.2 Å².